The Morgan fingerprint density at radius 2 is 2.05 bits per heavy atom. The number of hydrogen-bond donors (Lipinski definition) is 1. The molecule has 0 spiro atoms. The van der Waals surface area contributed by atoms with Crippen molar-refractivity contribution in [2.75, 3.05) is 7.11 Å². The van der Waals surface area contributed by atoms with E-state index >= 15 is 0 Å². The van der Waals surface area contributed by atoms with E-state index in [1.165, 1.54) is 13.2 Å². The Morgan fingerprint density at radius 1 is 1.37 bits per heavy atom. The Hall–Kier alpha value is -2.30. The number of rotatable bonds is 6. The van der Waals surface area contributed by atoms with Crippen LogP contribution in [-0.4, -0.2) is 25.2 Å². The van der Waals surface area contributed by atoms with Gasteiger partial charge in [-0.1, -0.05) is 36.4 Å². The van der Waals surface area contributed by atoms with E-state index < -0.39 is 18.1 Å². The predicted octanol–water partition coefficient (Wildman–Crippen LogP) is 2.03. The Bertz CT molecular complexity index is 430. The van der Waals surface area contributed by atoms with Gasteiger partial charge in [0.2, 0.25) is 0 Å². The van der Waals surface area contributed by atoms with Crippen LogP contribution in [0.4, 0.5) is 4.79 Å². The molecule has 0 aromatic heterocycles. The van der Waals surface area contributed by atoms with Gasteiger partial charge in [0.1, 0.15) is 12.6 Å². The van der Waals surface area contributed by atoms with Crippen molar-refractivity contribution < 1.29 is 19.1 Å². The topological polar surface area (TPSA) is 64.6 Å². The summed E-state index contributed by atoms with van der Waals surface area (Å²) in [5.41, 5.74) is 0.871. The number of amides is 1. The van der Waals surface area contributed by atoms with Crippen LogP contribution >= 0.6 is 0 Å². The monoisotopic (exact) mass is 263 g/mol. The number of hydrogen-bond acceptors (Lipinski definition) is 4. The number of nitrogens with one attached hydrogen (secondary N) is 1. The van der Waals surface area contributed by atoms with Gasteiger partial charge < -0.3 is 14.8 Å². The second-order valence-electron chi connectivity index (χ2n) is 3.81. The highest BCUT2D eigenvalue weighted by atomic mass is 16.6. The lowest BCUT2D eigenvalue weighted by atomic mass is 10.2. The van der Waals surface area contributed by atoms with Crippen LogP contribution in [0.15, 0.2) is 43.0 Å². The summed E-state index contributed by atoms with van der Waals surface area (Å²) in [4.78, 5) is 22.9. The molecule has 0 aliphatic rings. The van der Waals surface area contributed by atoms with Crippen LogP contribution in [0.25, 0.3) is 0 Å². The summed E-state index contributed by atoms with van der Waals surface area (Å²) >= 11 is 0. The number of carbonyl (C=O) groups excluding carboxylic acids is 2. The van der Waals surface area contributed by atoms with Gasteiger partial charge in [-0.2, -0.15) is 0 Å². The van der Waals surface area contributed by atoms with Crippen molar-refractivity contribution in [2.45, 2.75) is 19.1 Å². The molecule has 0 radical (unpaired) electrons. The maximum absolute atomic E-state index is 11.5. The maximum atomic E-state index is 11.5. The Kier molecular flexibility index (Phi) is 6.15. The fraction of sp³-hybridized carbons (Fsp3) is 0.286. The summed E-state index contributed by atoms with van der Waals surface area (Å²) in [6.45, 7) is 3.67. The van der Waals surface area contributed by atoms with Gasteiger partial charge in [-0.05, 0) is 12.0 Å². The highest BCUT2D eigenvalue weighted by Crippen LogP contribution is 2.02. The van der Waals surface area contributed by atoms with Crippen molar-refractivity contribution in [3.8, 4) is 0 Å². The zero-order chi connectivity index (χ0) is 14.1. The van der Waals surface area contributed by atoms with Crippen molar-refractivity contribution >= 4 is 12.1 Å². The van der Waals surface area contributed by atoms with Crippen LogP contribution in [0.1, 0.15) is 12.0 Å². The molecule has 1 amide bonds. The smallest absolute Gasteiger partial charge is 0.408 e. The van der Waals surface area contributed by atoms with Gasteiger partial charge >= 0.3 is 12.1 Å². The molecule has 1 atom stereocenters. The van der Waals surface area contributed by atoms with E-state index in [1.807, 2.05) is 30.3 Å². The molecule has 1 aromatic carbocycles. The average Bonchev–Trinajstić information content (AvgIpc) is 2.45. The normalized spacial score (nSPS) is 11.2. The largest absolute Gasteiger partial charge is 0.467 e. The molecule has 19 heavy (non-hydrogen) atoms. The molecule has 0 saturated heterocycles. The second-order valence-corrected chi connectivity index (χ2v) is 3.81. The van der Waals surface area contributed by atoms with E-state index in [2.05, 4.69) is 16.6 Å². The van der Waals surface area contributed by atoms with Gasteiger partial charge in [0.15, 0.2) is 0 Å². The summed E-state index contributed by atoms with van der Waals surface area (Å²) in [6.07, 6.45) is 1.15. The molecule has 0 fully saturated rings. The van der Waals surface area contributed by atoms with Crippen molar-refractivity contribution in [3.63, 3.8) is 0 Å². The van der Waals surface area contributed by atoms with Crippen LogP contribution < -0.4 is 5.32 Å². The molecule has 5 heteroatoms. The number of ether oxygens (including phenoxy) is 2. The van der Waals surface area contributed by atoms with E-state index in [1.54, 1.807) is 0 Å². The van der Waals surface area contributed by atoms with Crippen molar-refractivity contribution in [1.82, 2.24) is 5.32 Å². The lowest BCUT2D eigenvalue weighted by Gasteiger charge is -2.14. The van der Waals surface area contributed by atoms with Crippen LogP contribution in [0, 0.1) is 0 Å². The van der Waals surface area contributed by atoms with Gasteiger partial charge in [0.25, 0.3) is 0 Å². The number of carbonyl (C=O) groups is 2. The Balaban J connectivity index is 2.44. The molecule has 102 valence electrons. The summed E-state index contributed by atoms with van der Waals surface area (Å²) in [7, 11) is 1.26. The van der Waals surface area contributed by atoms with Crippen LogP contribution in [-0.2, 0) is 20.9 Å². The first-order valence-corrected chi connectivity index (χ1v) is 5.83. The maximum Gasteiger partial charge on any atom is 0.408 e. The van der Waals surface area contributed by atoms with E-state index in [4.69, 9.17) is 4.74 Å². The first-order valence-electron chi connectivity index (χ1n) is 5.83. The lowest BCUT2D eigenvalue weighted by molar-refractivity contribution is -0.142. The molecule has 0 saturated carbocycles. The van der Waals surface area contributed by atoms with E-state index in [9.17, 15) is 9.59 Å². The summed E-state index contributed by atoms with van der Waals surface area (Å²) in [6, 6.07) is 8.49. The van der Waals surface area contributed by atoms with E-state index in [0.717, 1.165) is 5.56 Å². The zero-order valence-electron chi connectivity index (χ0n) is 10.8. The molecular formula is C14H17NO4. The molecule has 0 aliphatic carbocycles. The molecule has 0 bridgehead atoms. The molecule has 0 heterocycles. The van der Waals surface area contributed by atoms with Gasteiger partial charge in [-0.25, -0.2) is 9.59 Å². The van der Waals surface area contributed by atoms with Crippen molar-refractivity contribution in [3.05, 3.63) is 48.6 Å². The quantitative estimate of drug-likeness (QED) is 0.630. The van der Waals surface area contributed by atoms with Gasteiger partial charge in [0.05, 0.1) is 7.11 Å². The SMILES string of the molecule is C=CCC(NC(=O)OCc1ccccc1)C(=O)OC. The van der Waals surface area contributed by atoms with Gasteiger partial charge in [-0.15, -0.1) is 6.58 Å². The van der Waals surface area contributed by atoms with Crippen LogP contribution in [0.3, 0.4) is 0 Å². The second kappa shape index (κ2) is 7.92. The average molecular weight is 263 g/mol. The van der Waals surface area contributed by atoms with Gasteiger partial charge in [-0.3, -0.25) is 0 Å². The molecule has 1 rings (SSSR count). The highest BCUT2D eigenvalue weighted by Gasteiger charge is 2.20. The summed E-state index contributed by atoms with van der Waals surface area (Å²) < 4.78 is 9.58. The minimum absolute atomic E-state index is 0.147. The number of benzene rings is 1. The molecule has 1 unspecified atom stereocenters. The standard InChI is InChI=1S/C14H17NO4/c1-3-7-12(13(16)18-2)15-14(17)19-10-11-8-5-4-6-9-11/h3-6,8-9,12H,1,7,10H2,2H3,(H,15,17). The van der Waals surface area contributed by atoms with Crippen molar-refractivity contribution in [1.29, 1.82) is 0 Å². The summed E-state index contributed by atoms with van der Waals surface area (Å²) in [5, 5.41) is 2.43. The molecule has 5 nitrogen and oxygen atoms in total. The van der Waals surface area contributed by atoms with E-state index in [-0.39, 0.29) is 13.0 Å². The fourth-order valence-corrected chi connectivity index (χ4v) is 1.43. The Morgan fingerprint density at radius 3 is 2.63 bits per heavy atom. The Labute approximate surface area is 112 Å². The van der Waals surface area contributed by atoms with Crippen LogP contribution in [0.5, 0.6) is 0 Å². The predicted molar refractivity (Wildman–Crippen MR) is 70.4 cm³/mol. The first kappa shape index (κ1) is 14.8. The molecule has 1 N–H and O–H groups in total. The minimum Gasteiger partial charge on any atom is -0.467 e. The zero-order valence-corrected chi connectivity index (χ0v) is 10.8. The third-order valence-electron chi connectivity index (χ3n) is 2.39. The molecule has 0 aliphatic heterocycles. The summed E-state index contributed by atoms with van der Waals surface area (Å²) in [5.74, 6) is -0.531. The van der Waals surface area contributed by atoms with Crippen molar-refractivity contribution in [2.24, 2.45) is 0 Å². The highest BCUT2D eigenvalue weighted by molar-refractivity contribution is 5.81. The fourth-order valence-electron chi connectivity index (χ4n) is 1.43. The first-order chi connectivity index (χ1) is 9.17. The van der Waals surface area contributed by atoms with Gasteiger partial charge in [0, 0.05) is 0 Å². The van der Waals surface area contributed by atoms with E-state index in [0.29, 0.717) is 0 Å². The number of alkyl carbamates (subject to hydrolysis) is 1. The van der Waals surface area contributed by atoms with Crippen LogP contribution in [0.2, 0.25) is 0 Å². The minimum atomic E-state index is -0.772. The molecule has 1 aromatic rings. The third-order valence-corrected chi connectivity index (χ3v) is 2.39. The molecular weight excluding hydrogens is 246 g/mol. The third kappa shape index (κ3) is 5.25. The number of methoxy groups -OCH3 is 1. The number of esters is 1. The lowest BCUT2D eigenvalue weighted by Crippen LogP contribution is -2.41.